The molecule has 0 aromatic rings. The van der Waals surface area contributed by atoms with Gasteiger partial charge in [-0.1, -0.05) is 0 Å². The summed E-state index contributed by atoms with van der Waals surface area (Å²) >= 11 is 0. The summed E-state index contributed by atoms with van der Waals surface area (Å²) in [6, 6.07) is 0. The van der Waals surface area contributed by atoms with Crippen LogP contribution in [0.3, 0.4) is 0 Å². The van der Waals surface area contributed by atoms with E-state index in [0.717, 1.165) is 32.7 Å². The Morgan fingerprint density at radius 1 is 1.54 bits per heavy atom. The molecule has 1 saturated heterocycles. The summed E-state index contributed by atoms with van der Waals surface area (Å²) in [6.07, 6.45) is 1.48. The number of hydrogen-bond acceptors (Lipinski definition) is 3. The van der Waals surface area contributed by atoms with Crippen molar-refractivity contribution in [3.8, 4) is 0 Å². The van der Waals surface area contributed by atoms with E-state index in [-0.39, 0.29) is 5.54 Å². The van der Waals surface area contributed by atoms with Gasteiger partial charge in [0.2, 0.25) is 0 Å². The van der Waals surface area contributed by atoms with Crippen LogP contribution in [0.1, 0.15) is 27.2 Å². The van der Waals surface area contributed by atoms with E-state index in [4.69, 9.17) is 10.5 Å². The Morgan fingerprint density at radius 3 is 2.85 bits per heavy atom. The Hall–Kier alpha value is -0.120. The van der Waals surface area contributed by atoms with Crippen LogP contribution >= 0.6 is 0 Å². The SMILES string of the molecule is CC1CN(CC(C)(C)N)CCCO1. The molecule has 0 bridgehead atoms. The monoisotopic (exact) mass is 186 g/mol. The molecule has 1 aliphatic heterocycles. The van der Waals surface area contributed by atoms with Gasteiger partial charge in [-0.25, -0.2) is 0 Å². The van der Waals surface area contributed by atoms with Crippen molar-refractivity contribution in [2.75, 3.05) is 26.2 Å². The second-order valence-corrected chi connectivity index (χ2v) is 4.76. The molecule has 3 nitrogen and oxygen atoms in total. The smallest absolute Gasteiger partial charge is 0.0673 e. The third-order valence-electron chi connectivity index (χ3n) is 2.17. The van der Waals surface area contributed by atoms with Gasteiger partial charge in [-0.3, -0.25) is 4.90 Å². The summed E-state index contributed by atoms with van der Waals surface area (Å²) < 4.78 is 5.57. The van der Waals surface area contributed by atoms with Gasteiger partial charge in [0, 0.05) is 31.8 Å². The molecule has 0 aromatic carbocycles. The molecule has 1 fully saturated rings. The van der Waals surface area contributed by atoms with Gasteiger partial charge in [-0.05, 0) is 27.2 Å². The molecular formula is C10H22N2O. The fourth-order valence-corrected chi connectivity index (χ4v) is 1.80. The molecule has 1 unspecified atom stereocenters. The zero-order valence-corrected chi connectivity index (χ0v) is 9.05. The molecule has 13 heavy (non-hydrogen) atoms. The minimum absolute atomic E-state index is 0.0932. The highest BCUT2D eigenvalue weighted by Gasteiger charge is 2.20. The van der Waals surface area contributed by atoms with Crippen molar-refractivity contribution in [1.82, 2.24) is 4.90 Å². The number of ether oxygens (including phenoxy) is 1. The summed E-state index contributed by atoms with van der Waals surface area (Å²) in [5, 5.41) is 0. The largest absolute Gasteiger partial charge is 0.377 e. The summed E-state index contributed by atoms with van der Waals surface area (Å²) in [6.45, 7) is 10.3. The Labute approximate surface area is 81.2 Å². The number of rotatable bonds is 2. The third-order valence-corrected chi connectivity index (χ3v) is 2.17. The molecule has 0 spiro atoms. The van der Waals surface area contributed by atoms with Crippen molar-refractivity contribution in [2.24, 2.45) is 5.73 Å². The lowest BCUT2D eigenvalue weighted by atomic mass is 10.1. The number of nitrogens with zero attached hydrogens (tertiary/aromatic N) is 1. The first kappa shape index (κ1) is 11.0. The second-order valence-electron chi connectivity index (χ2n) is 4.76. The van der Waals surface area contributed by atoms with Crippen LogP contribution in [0.15, 0.2) is 0 Å². The molecule has 3 heteroatoms. The van der Waals surface area contributed by atoms with E-state index < -0.39 is 0 Å². The highest BCUT2D eigenvalue weighted by atomic mass is 16.5. The van der Waals surface area contributed by atoms with E-state index in [1.165, 1.54) is 0 Å². The van der Waals surface area contributed by atoms with E-state index in [1.54, 1.807) is 0 Å². The molecular weight excluding hydrogens is 164 g/mol. The summed E-state index contributed by atoms with van der Waals surface area (Å²) in [7, 11) is 0. The zero-order valence-electron chi connectivity index (χ0n) is 9.05. The Kier molecular flexibility index (Phi) is 3.71. The van der Waals surface area contributed by atoms with Crippen LogP contribution in [-0.4, -0.2) is 42.8 Å². The Bertz CT molecular complexity index is 153. The molecule has 1 aliphatic rings. The summed E-state index contributed by atoms with van der Waals surface area (Å²) in [5.41, 5.74) is 5.89. The van der Waals surface area contributed by atoms with Gasteiger partial charge >= 0.3 is 0 Å². The average Bonchev–Trinajstić information content (AvgIpc) is 2.10. The maximum atomic E-state index is 5.98. The van der Waals surface area contributed by atoms with Gasteiger partial charge < -0.3 is 10.5 Å². The van der Waals surface area contributed by atoms with Crippen molar-refractivity contribution in [2.45, 2.75) is 38.8 Å². The predicted octanol–water partition coefficient (Wildman–Crippen LogP) is 0.834. The van der Waals surface area contributed by atoms with E-state index in [1.807, 2.05) is 0 Å². The first-order valence-electron chi connectivity index (χ1n) is 5.10. The minimum atomic E-state index is -0.0932. The molecule has 1 rings (SSSR count). The van der Waals surface area contributed by atoms with Crippen LogP contribution in [0, 0.1) is 0 Å². The molecule has 1 atom stereocenters. The quantitative estimate of drug-likeness (QED) is 0.694. The lowest BCUT2D eigenvalue weighted by molar-refractivity contribution is 0.0654. The Morgan fingerprint density at radius 2 is 2.23 bits per heavy atom. The average molecular weight is 186 g/mol. The highest BCUT2D eigenvalue weighted by Crippen LogP contribution is 2.08. The van der Waals surface area contributed by atoms with Crippen molar-refractivity contribution < 1.29 is 4.74 Å². The van der Waals surface area contributed by atoms with Gasteiger partial charge in [0.05, 0.1) is 6.10 Å². The third kappa shape index (κ3) is 4.60. The number of nitrogens with two attached hydrogens (primary N) is 1. The van der Waals surface area contributed by atoms with Gasteiger partial charge in [-0.15, -0.1) is 0 Å². The first-order chi connectivity index (χ1) is 5.97. The maximum absolute atomic E-state index is 5.98. The normalized spacial score (nSPS) is 27.2. The van der Waals surface area contributed by atoms with Crippen LogP contribution in [0.4, 0.5) is 0 Å². The molecule has 0 aliphatic carbocycles. The minimum Gasteiger partial charge on any atom is -0.377 e. The molecule has 0 saturated carbocycles. The Balaban J connectivity index is 2.39. The zero-order chi connectivity index (χ0) is 9.90. The van der Waals surface area contributed by atoms with Crippen LogP contribution in [0.5, 0.6) is 0 Å². The lowest BCUT2D eigenvalue weighted by Gasteiger charge is -2.29. The van der Waals surface area contributed by atoms with E-state index in [0.29, 0.717) is 6.10 Å². The predicted molar refractivity (Wildman–Crippen MR) is 54.7 cm³/mol. The molecule has 0 amide bonds. The van der Waals surface area contributed by atoms with Crippen LogP contribution in [0.2, 0.25) is 0 Å². The molecule has 2 N–H and O–H groups in total. The van der Waals surface area contributed by atoms with Crippen molar-refractivity contribution >= 4 is 0 Å². The van der Waals surface area contributed by atoms with Gasteiger partial charge in [-0.2, -0.15) is 0 Å². The van der Waals surface area contributed by atoms with Gasteiger partial charge in [0.15, 0.2) is 0 Å². The fourth-order valence-electron chi connectivity index (χ4n) is 1.80. The summed E-state index contributed by atoms with van der Waals surface area (Å²) in [5.74, 6) is 0. The van der Waals surface area contributed by atoms with E-state index in [2.05, 4.69) is 25.7 Å². The van der Waals surface area contributed by atoms with Crippen LogP contribution < -0.4 is 5.73 Å². The van der Waals surface area contributed by atoms with E-state index >= 15 is 0 Å². The van der Waals surface area contributed by atoms with E-state index in [9.17, 15) is 0 Å². The van der Waals surface area contributed by atoms with Crippen molar-refractivity contribution in [3.05, 3.63) is 0 Å². The lowest BCUT2D eigenvalue weighted by Crippen LogP contribution is -2.46. The fraction of sp³-hybridized carbons (Fsp3) is 1.00. The second kappa shape index (κ2) is 4.40. The maximum Gasteiger partial charge on any atom is 0.0673 e. The van der Waals surface area contributed by atoms with Crippen LogP contribution in [-0.2, 0) is 4.74 Å². The highest BCUT2D eigenvalue weighted by molar-refractivity contribution is 4.79. The van der Waals surface area contributed by atoms with Gasteiger partial charge in [0.1, 0.15) is 0 Å². The van der Waals surface area contributed by atoms with Crippen LogP contribution in [0.25, 0.3) is 0 Å². The number of hydrogen-bond donors (Lipinski definition) is 1. The van der Waals surface area contributed by atoms with Gasteiger partial charge in [0.25, 0.3) is 0 Å². The van der Waals surface area contributed by atoms with Crippen molar-refractivity contribution in [1.29, 1.82) is 0 Å². The molecule has 0 aromatic heterocycles. The molecule has 0 radical (unpaired) electrons. The van der Waals surface area contributed by atoms with Crippen molar-refractivity contribution in [3.63, 3.8) is 0 Å². The topological polar surface area (TPSA) is 38.5 Å². The standard InChI is InChI=1S/C10H22N2O/c1-9-7-12(5-4-6-13-9)8-10(2,3)11/h9H,4-8,11H2,1-3H3. The first-order valence-corrected chi connectivity index (χ1v) is 5.10. The molecule has 1 heterocycles. The molecule has 78 valence electrons. The summed E-state index contributed by atoms with van der Waals surface area (Å²) in [4.78, 5) is 2.40.